The highest BCUT2D eigenvalue weighted by molar-refractivity contribution is 7.89. The minimum Gasteiger partial charge on any atom is -0.383 e. The van der Waals surface area contributed by atoms with Crippen molar-refractivity contribution in [3.05, 3.63) is 29.1 Å². The first kappa shape index (κ1) is 17.4. The first-order valence-corrected chi connectivity index (χ1v) is 8.20. The van der Waals surface area contributed by atoms with Gasteiger partial charge in [-0.1, -0.05) is 6.92 Å². The molecule has 0 saturated heterocycles. The van der Waals surface area contributed by atoms with E-state index in [-0.39, 0.29) is 28.4 Å². The smallest absolute Gasteiger partial charge is 0.243 e. The molecule has 0 fully saturated rings. The average molecular weight is 324 g/mol. The summed E-state index contributed by atoms with van der Waals surface area (Å²) in [7, 11) is -2.16. The third-order valence-electron chi connectivity index (χ3n) is 2.98. The van der Waals surface area contributed by atoms with Gasteiger partial charge in [0.05, 0.1) is 17.4 Å². The summed E-state index contributed by atoms with van der Waals surface area (Å²) in [6.45, 7) is 4.14. The van der Waals surface area contributed by atoms with Crippen molar-refractivity contribution in [1.82, 2.24) is 4.31 Å². The second-order valence-corrected chi connectivity index (χ2v) is 6.54. The van der Waals surface area contributed by atoms with Gasteiger partial charge in [0.2, 0.25) is 10.0 Å². The van der Waals surface area contributed by atoms with Crippen LogP contribution in [0.15, 0.2) is 17.0 Å². The van der Waals surface area contributed by atoms with Gasteiger partial charge in [0.15, 0.2) is 0 Å². The molecule has 0 amide bonds. The Labute approximate surface area is 124 Å². The van der Waals surface area contributed by atoms with Crippen LogP contribution in [0.1, 0.15) is 18.1 Å². The number of methoxy groups -OCH3 is 1. The highest BCUT2D eigenvalue weighted by Crippen LogP contribution is 2.23. The number of rotatable bonds is 7. The van der Waals surface area contributed by atoms with E-state index >= 15 is 0 Å². The SMILES string of the molecule is CCN(CCOC)S(=O)(=O)c1cc(C)c(F)c(CCl)c1. The lowest BCUT2D eigenvalue weighted by molar-refractivity contribution is 0.180. The van der Waals surface area contributed by atoms with Gasteiger partial charge in [0.25, 0.3) is 0 Å². The third-order valence-corrected chi connectivity index (χ3v) is 5.22. The fraction of sp³-hybridized carbons (Fsp3) is 0.538. The number of hydrogen-bond acceptors (Lipinski definition) is 3. The van der Waals surface area contributed by atoms with Crippen molar-refractivity contribution in [3.63, 3.8) is 0 Å². The van der Waals surface area contributed by atoms with Crippen LogP contribution in [0.4, 0.5) is 4.39 Å². The first-order chi connectivity index (χ1) is 9.38. The normalized spacial score (nSPS) is 12.1. The standard InChI is InChI=1S/C13H19ClFNO3S/c1-4-16(5-6-19-3)20(17,18)12-7-10(2)13(15)11(8-12)9-14/h7-8H,4-6,9H2,1-3H3. The van der Waals surface area contributed by atoms with Crippen molar-refractivity contribution < 1.29 is 17.5 Å². The van der Waals surface area contributed by atoms with E-state index in [2.05, 4.69) is 0 Å². The number of nitrogens with zero attached hydrogens (tertiary/aromatic N) is 1. The molecule has 0 aliphatic carbocycles. The second-order valence-electron chi connectivity index (χ2n) is 4.34. The van der Waals surface area contributed by atoms with Crippen LogP contribution >= 0.6 is 11.6 Å². The van der Waals surface area contributed by atoms with E-state index in [1.54, 1.807) is 6.92 Å². The maximum atomic E-state index is 13.7. The van der Waals surface area contributed by atoms with Gasteiger partial charge < -0.3 is 4.74 Å². The highest BCUT2D eigenvalue weighted by Gasteiger charge is 2.24. The number of likely N-dealkylation sites (N-methyl/N-ethyl adjacent to an activating group) is 1. The number of benzene rings is 1. The van der Waals surface area contributed by atoms with Gasteiger partial charge in [-0.2, -0.15) is 4.31 Å². The fourth-order valence-corrected chi connectivity index (χ4v) is 3.61. The molecule has 20 heavy (non-hydrogen) atoms. The summed E-state index contributed by atoms with van der Waals surface area (Å²) < 4.78 is 45.0. The van der Waals surface area contributed by atoms with Crippen molar-refractivity contribution in [1.29, 1.82) is 0 Å². The molecule has 1 aromatic rings. The molecule has 1 rings (SSSR count). The van der Waals surface area contributed by atoms with Crippen LogP contribution in [-0.2, 0) is 20.6 Å². The zero-order chi connectivity index (χ0) is 15.3. The maximum Gasteiger partial charge on any atom is 0.243 e. The van der Waals surface area contributed by atoms with Gasteiger partial charge in [-0.3, -0.25) is 0 Å². The molecule has 1 aromatic carbocycles. The quantitative estimate of drug-likeness (QED) is 0.724. The zero-order valence-electron chi connectivity index (χ0n) is 11.8. The van der Waals surface area contributed by atoms with Crippen LogP contribution in [0.5, 0.6) is 0 Å². The van der Waals surface area contributed by atoms with Crippen molar-refractivity contribution in [2.75, 3.05) is 26.8 Å². The van der Waals surface area contributed by atoms with Gasteiger partial charge >= 0.3 is 0 Å². The Morgan fingerprint density at radius 3 is 2.55 bits per heavy atom. The highest BCUT2D eigenvalue weighted by atomic mass is 35.5. The summed E-state index contributed by atoms with van der Waals surface area (Å²) >= 11 is 5.65. The van der Waals surface area contributed by atoms with E-state index in [1.807, 2.05) is 0 Å². The molecule has 0 aliphatic rings. The van der Waals surface area contributed by atoms with Gasteiger partial charge in [-0.15, -0.1) is 11.6 Å². The van der Waals surface area contributed by atoms with Gasteiger partial charge in [0, 0.05) is 25.8 Å². The Balaban J connectivity index is 3.23. The molecule has 0 heterocycles. The molecule has 0 aliphatic heterocycles. The molecule has 0 bridgehead atoms. The lowest BCUT2D eigenvalue weighted by Gasteiger charge is -2.21. The second kappa shape index (κ2) is 7.36. The van der Waals surface area contributed by atoms with Crippen LogP contribution in [-0.4, -0.2) is 39.5 Å². The molecule has 0 atom stereocenters. The molecular formula is C13H19ClFNO3S. The summed E-state index contributed by atoms with van der Waals surface area (Å²) in [5.41, 5.74) is 0.456. The minimum atomic E-state index is -3.67. The summed E-state index contributed by atoms with van der Waals surface area (Å²) in [6, 6.07) is 2.62. The molecule has 0 N–H and O–H groups in total. The Morgan fingerprint density at radius 2 is 2.05 bits per heavy atom. The predicted molar refractivity (Wildman–Crippen MR) is 77.0 cm³/mol. The molecule has 0 saturated carbocycles. The zero-order valence-corrected chi connectivity index (χ0v) is 13.4. The molecule has 0 radical (unpaired) electrons. The van der Waals surface area contributed by atoms with E-state index in [4.69, 9.17) is 16.3 Å². The minimum absolute atomic E-state index is 0.0602. The van der Waals surface area contributed by atoms with Crippen molar-refractivity contribution in [2.24, 2.45) is 0 Å². The van der Waals surface area contributed by atoms with E-state index in [1.165, 1.54) is 30.5 Å². The fourth-order valence-electron chi connectivity index (χ4n) is 1.84. The molecule has 114 valence electrons. The van der Waals surface area contributed by atoms with E-state index < -0.39 is 15.8 Å². The summed E-state index contributed by atoms with van der Waals surface area (Å²) in [4.78, 5) is 0.0602. The molecule has 0 unspecified atom stereocenters. The van der Waals surface area contributed by atoms with E-state index in [0.717, 1.165) is 0 Å². The van der Waals surface area contributed by atoms with Crippen molar-refractivity contribution in [2.45, 2.75) is 24.6 Å². The van der Waals surface area contributed by atoms with E-state index in [0.29, 0.717) is 13.2 Å². The Kier molecular flexibility index (Phi) is 6.39. The Morgan fingerprint density at radius 1 is 1.40 bits per heavy atom. The number of ether oxygens (including phenoxy) is 1. The van der Waals surface area contributed by atoms with Gasteiger partial charge in [-0.05, 0) is 24.6 Å². The first-order valence-electron chi connectivity index (χ1n) is 6.22. The van der Waals surface area contributed by atoms with Crippen LogP contribution < -0.4 is 0 Å². The molecule has 0 aromatic heterocycles. The molecule has 0 spiro atoms. The van der Waals surface area contributed by atoms with Crippen molar-refractivity contribution in [3.8, 4) is 0 Å². The number of hydrogen-bond donors (Lipinski definition) is 0. The third kappa shape index (κ3) is 3.69. The number of aryl methyl sites for hydroxylation is 1. The average Bonchev–Trinajstić information content (AvgIpc) is 2.42. The summed E-state index contributed by atoms with van der Waals surface area (Å²) in [5.74, 6) is -0.529. The van der Waals surface area contributed by atoms with Gasteiger partial charge in [0.1, 0.15) is 5.82 Å². The Bertz CT molecular complexity index is 563. The number of halogens is 2. The van der Waals surface area contributed by atoms with Crippen LogP contribution in [0.2, 0.25) is 0 Å². The van der Waals surface area contributed by atoms with Crippen LogP contribution in [0.3, 0.4) is 0 Å². The number of sulfonamides is 1. The molecular weight excluding hydrogens is 305 g/mol. The Hall–Kier alpha value is -0.690. The molecule has 7 heteroatoms. The largest absolute Gasteiger partial charge is 0.383 e. The number of alkyl halides is 1. The summed E-state index contributed by atoms with van der Waals surface area (Å²) in [5, 5.41) is 0. The van der Waals surface area contributed by atoms with Crippen LogP contribution in [0, 0.1) is 12.7 Å². The van der Waals surface area contributed by atoms with Crippen LogP contribution in [0.25, 0.3) is 0 Å². The lowest BCUT2D eigenvalue weighted by atomic mass is 10.1. The van der Waals surface area contributed by atoms with E-state index in [9.17, 15) is 12.8 Å². The summed E-state index contributed by atoms with van der Waals surface area (Å²) in [6.07, 6.45) is 0. The van der Waals surface area contributed by atoms with Crippen molar-refractivity contribution >= 4 is 21.6 Å². The maximum absolute atomic E-state index is 13.7. The molecule has 4 nitrogen and oxygen atoms in total. The monoisotopic (exact) mass is 323 g/mol. The topological polar surface area (TPSA) is 46.6 Å². The predicted octanol–water partition coefficient (Wildman–Crippen LogP) is 2.53. The van der Waals surface area contributed by atoms with Gasteiger partial charge in [-0.25, -0.2) is 12.8 Å². The lowest BCUT2D eigenvalue weighted by Crippen LogP contribution is -2.33.